The SMILES string of the molecule is COc1cc2c(cc1OC)CN(C[C@H]1O[C@@H](c3cccc(-c4cccc(CNC(=O)c5c(F)c(F)c(F)c(F)c5F)c4)c3)O[C@@H](c3ccc(CO)cc3)[C@H]1C)CC2. The third-order valence-corrected chi connectivity index (χ3v) is 10.7. The molecule has 5 aromatic carbocycles. The molecule has 2 aliphatic rings. The third kappa shape index (κ3) is 8.24. The quantitative estimate of drug-likeness (QED) is 0.0791. The lowest BCUT2D eigenvalue weighted by Crippen LogP contribution is -2.45. The van der Waals surface area contributed by atoms with E-state index in [-0.39, 0.29) is 31.3 Å². The summed E-state index contributed by atoms with van der Waals surface area (Å²) in [6.07, 6.45) is -0.485. The summed E-state index contributed by atoms with van der Waals surface area (Å²) < 4.78 is 94.1. The second-order valence-corrected chi connectivity index (χ2v) is 14.2. The van der Waals surface area contributed by atoms with E-state index in [4.69, 9.17) is 18.9 Å². The summed E-state index contributed by atoms with van der Waals surface area (Å²) in [6.45, 7) is 3.96. The van der Waals surface area contributed by atoms with Crippen LogP contribution in [0, 0.1) is 35.0 Å². The molecule has 57 heavy (non-hydrogen) atoms. The molecule has 4 atom stereocenters. The van der Waals surface area contributed by atoms with E-state index in [0.29, 0.717) is 30.2 Å². The van der Waals surface area contributed by atoms with E-state index < -0.39 is 46.8 Å². The van der Waals surface area contributed by atoms with E-state index in [0.717, 1.165) is 40.8 Å². The van der Waals surface area contributed by atoms with Crippen molar-refractivity contribution in [3.05, 3.63) is 153 Å². The molecular weight excluding hydrogens is 747 g/mol. The van der Waals surface area contributed by atoms with Gasteiger partial charge in [0, 0.05) is 37.7 Å². The maximum absolute atomic E-state index is 14.3. The molecular formula is C44H41F5N2O6. The van der Waals surface area contributed by atoms with Crippen LogP contribution < -0.4 is 14.8 Å². The predicted octanol–water partition coefficient (Wildman–Crippen LogP) is 8.34. The number of fused-ring (bicyclic) bond motifs is 1. The topological polar surface area (TPSA) is 89.5 Å². The van der Waals surface area contributed by atoms with Gasteiger partial charge in [-0.05, 0) is 69.6 Å². The number of carbonyl (C=O) groups excluding carboxylic acids is 1. The molecule has 0 unspecified atom stereocenters. The van der Waals surface area contributed by atoms with Gasteiger partial charge in [0.15, 0.2) is 41.1 Å². The van der Waals surface area contributed by atoms with Crippen molar-refractivity contribution in [1.29, 1.82) is 0 Å². The molecule has 13 heteroatoms. The molecule has 0 aromatic heterocycles. The standard InChI is InChI=1S/C44H41F5N2O6/c1-24-35(22-51-15-14-30-18-33(54-2)34(55-3)19-32(30)21-51)56-44(57-42(24)27-12-10-25(23-52)11-13-27)31-9-5-8-29(17-31)28-7-4-6-26(16-28)20-50-43(53)36-37(45)39(47)41(49)40(48)38(36)46/h4-13,16-19,24,35,42,44,52H,14-15,20-23H2,1-3H3,(H,50,53)/t24-,35+,42+,44+/m0/s1. The summed E-state index contributed by atoms with van der Waals surface area (Å²) in [4.78, 5) is 15.0. The summed E-state index contributed by atoms with van der Waals surface area (Å²) >= 11 is 0. The van der Waals surface area contributed by atoms with Crippen molar-refractivity contribution in [3.63, 3.8) is 0 Å². The average Bonchev–Trinajstić information content (AvgIpc) is 3.24. The monoisotopic (exact) mass is 788 g/mol. The number of methoxy groups -OCH3 is 2. The highest BCUT2D eigenvalue weighted by atomic mass is 19.2. The van der Waals surface area contributed by atoms with Crippen molar-refractivity contribution in [3.8, 4) is 22.6 Å². The average molecular weight is 789 g/mol. The number of carbonyl (C=O) groups is 1. The number of aliphatic hydroxyl groups is 1. The van der Waals surface area contributed by atoms with E-state index in [1.807, 2.05) is 66.7 Å². The van der Waals surface area contributed by atoms with Gasteiger partial charge < -0.3 is 29.4 Å². The summed E-state index contributed by atoms with van der Waals surface area (Å²) in [5.41, 5.74) is 5.36. The summed E-state index contributed by atoms with van der Waals surface area (Å²) in [7, 11) is 3.25. The van der Waals surface area contributed by atoms with Crippen LogP contribution >= 0.6 is 0 Å². The van der Waals surface area contributed by atoms with Crippen molar-refractivity contribution in [2.45, 2.75) is 51.5 Å². The highest BCUT2D eigenvalue weighted by Crippen LogP contribution is 2.43. The second kappa shape index (κ2) is 17.0. The smallest absolute Gasteiger partial charge is 0.257 e. The molecule has 7 rings (SSSR count). The number of nitrogens with zero attached hydrogens (tertiary/aromatic N) is 1. The molecule has 2 aliphatic heterocycles. The largest absolute Gasteiger partial charge is 0.493 e. The number of hydrogen-bond donors (Lipinski definition) is 2. The van der Waals surface area contributed by atoms with Crippen molar-refractivity contribution < 1.29 is 50.8 Å². The number of nitrogens with one attached hydrogen (secondary N) is 1. The fourth-order valence-corrected chi connectivity index (χ4v) is 7.48. The van der Waals surface area contributed by atoms with Gasteiger partial charge in [0.2, 0.25) is 5.82 Å². The Kier molecular flexibility index (Phi) is 11.9. The van der Waals surface area contributed by atoms with Crippen molar-refractivity contribution in [2.24, 2.45) is 5.92 Å². The minimum absolute atomic E-state index is 0.0482. The van der Waals surface area contributed by atoms with Gasteiger partial charge in [-0.25, -0.2) is 22.0 Å². The molecule has 0 aliphatic carbocycles. The molecule has 8 nitrogen and oxygen atoms in total. The van der Waals surface area contributed by atoms with Gasteiger partial charge in [0.1, 0.15) is 5.56 Å². The second-order valence-electron chi connectivity index (χ2n) is 14.2. The van der Waals surface area contributed by atoms with Crippen LogP contribution in [-0.2, 0) is 35.6 Å². The van der Waals surface area contributed by atoms with Crippen LogP contribution in [0.2, 0.25) is 0 Å². The molecule has 1 amide bonds. The molecule has 1 fully saturated rings. The zero-order valence-corrected chi connectivity index (χ0v) is 31.5. The van der Waals surface area contributed by atoms with Gasteiger partial charge in [0.05, 0.1) is 33.0 Å². The number of amides is 1. The highest BCUT2D eigenvalue weighted by molar-refractivity contribution is 5.94. The van der Waals surface area contributed by atoms with Gasteiger partial charge in [-0.3, -0.25) is 9.69 Å². The minimum atomic E-state index is -2.34. The first-order valence-electron chi connectivity index (χ1n) is 18.4. The van der Waals surface area contributed by atoms with E-state index in [1.54, 1.807) is 32.4 Å². The molecule has 5 aromatic rings. The third-order valence-electron chi connectivity index (χ3n) is 10.7. The van der Waals surface area contributed by atoms with E-state index >= 15 is 0 Å². The van der Waals surface area contributed by atoms with Gasteiger partial charge in [0.25, 0.3) is 5.91 Å². The van der Waals surface area contributed by atoms with Crippen LogP contribution in [0.1, 0.15) is 63.1 Å². The fraction of sp³-hybridized carbons (Fsp3) is 0.295. The first-order valence-corrected chi connectivity index (χ1v) is 18.4. The van der Waals surface area contributed by atoms with Crippen LogP contribution in [0.15, 0.2) is 84.9 Å². The van der Waals surface area contributed by atoms with Gasteiger partial charge in [-0.2, -0.15) is 0 Å². The van der Waals surface area contributed by atoms with Crippen LogP contribution in [0.5, 0.6) is 11.5 Å². The van der Waals surface area contributed by atoms with Gasteiger partial charge in [-0.1, -0.05) is 67.6 Å². The number of rotatable bonds is 11. The van der Waals surface area contributed by atoms with E-state index in [2.05, 4.69) is 17.1 Å². The summed E-state index contributed by atoms with van der Waals surface area (Å²) in [5.74, 6) is -11.2. The zero-order chi connectivity index (χ0) is 40.4. The molecule has 2 N–H and O–H groups in total. The molecule has 0 radical (unpaired) electrons. The number of hydrogen-bond acceptors (Lipinski definition) is 7. The highest BCUT2D eigenvalue weighted by Gasteiger charge is 2.40. The zero-order valence-electron chi connectivity index (χ0n) is 31.5. The van der Waals surface area contributed by atoms with Crippen molar-refractivity contribution in [2.75, 3.05) is 27.3 Å². The number of aliphatic hydroxyl groups excluding tert-OH is 1. The molecule has 0 bridgehead atoms. The lowest BCUT2D eigenvalue weighted by atomic mass is 9.89. The van der Waals surface area contributed by atoms with Crippen LogP contribution in [0.4, 0.5) is 22.0 Å². The van der Waals surface area contributed by atoms with Crippen LogP contribution in [0.3, 0.4) is 0 Å². The first-order chi connectivity index (χ1) is 27.5. The first kappa shape index (κ1) is 39.9. The molecule has 0 spiro atoms. The lowest BCUT2D eigenvalue weighted by molar-refractivity contribution is -0.276. The van der Waals surface area contributed by atoms with Gasteiger partial charge in [-0.15, -0.1) is 0 Å². The lowest BCUT2D eigenvalue weighted by Gasteiger charge is -2.43. The Morgan fingerprint density at radius 1 is 0.772 bits per heavy atom. The van der Waals surface area contributed by atoms with E-state index in [1.165, 1.54) is 11.1 Å². The molecule has 2 heterocycles. The fourth-order valence-electron chi connectivity index (χ4n) is 7.48. The maximum Gasteiger partial charge on any atom is 0.257 e. The Bertz CT molecular complexity index is 2240. The summed E-state index contributed by atoms with van der Waals surface area (Å²) in [6, 6.07) is 26.4. The van der Waals surface area contributed by atoms with Crippen LogP contribution in [0.25, 0.3) is 11.1 Å². The molecule has 298 valence electrons. The Hall–Kier alpha value is -5.34. The number of ether oxygens (including phenoxy) is 4. The number of halogens is 5. The van der Waals surface area contributed by atoms with Crippen molar-refractivity contribution in [1.82, 2.24) is 10.2 Å². The minimum Gasteiger partial charge on any atom is -0.493 e. The van der Waals surface area contributed by atoms with Crippen LogP contribution in [-0.4, -0.2) is 49.3 Å². The Morgan fingerprint density at radius 2 is 1.40 bits per heavy atom. The summed E-state index contributed by atoms with van der Waals surface area (Å²) in [5, 5.41) is 11.9. The Morgan fingerprint density at radius 3 is 2.07 bits per heavy atom. The maximum atomic E-state index is 14.3. The predicted molar refractivity (Wildman–Crippen MR) is 201 cm³/mol. The Balaban J connectivity index is 1.12. The Labute approximate surface area is 326 Å². The van der Waals surface area contributed by atoms with Crippen molar-refractivity contribution >= 4 is 5.91 Å². The molecule has 0 saturated carbocycles. The van der Waals surface area contributed by atoms with Gasteiger partial charge >= 0.3 is 0 Å². The molecule has 1 saturated heterocycles. The number of benzene rings is 5. The van der Waals surface area contributed by atoms with E-state index in [9.17, 15) is 31.9 Å². The normalized spacial score (nSPS) is 19.5.